The second-order valence-corrected chi connectivity index (χ2v) is 22.7. The number of hydrogen-bond acceptors (Lipinski definition) is 5. The third-order valence-corrected chi connectivity index (χ3v) is 16.7. The fraction of sp³-hybridized carbons (Fsp3) is 0.120. The van der Waals surface area contributed by atoms with E-state index in [-0.39, 0.29) is 6.71 Å². The van der Waals surface area contributed by atoms with Crippen molar-refractivity contribution >= 4 is 91.3 Å². The lowest BCUT2D eigenvalue weighted by Gasteiger charge is -2.40. The molecule has 11 aromatic carbocycles. The minimum absolute atomic E-state index is 0.0306. The third-order valence-electron chi connectivity index (χ3n) is 16.7. The van der Waals surface area contributed by atoms with Crippen molar-refractivity contribution in [2.45, 2.75) is 59.3 Å². The molecule has 0 atom stereocenters. The molecule has 0 fully saturated rings. The van der Waals surface area contributed by atoms with Crippen LogP contribution in [0.15, 0.2) is 255 Å². The lowest BCUT2D eigenvalue weighted by atomic mass is 9.33. The van der Waals surface area contributed by atoms with Crippen molar-refractivity contribution in [3.8, 4) is 33.8 Å². The average Bonchev–Trinajstić information content (AvgIpc) is 3.57. The van der Waals surface area contributed by atoms with Crippen LogP contribution in [0.5, 0.6) is 11.5 Å². The summed E-state index contributed by atoms with van der Waals surface area (Å²) < 4.78 is 7.28. The molecular formula is C75H63BN4O. The van der Waals surface area contributed by atoms with E-state index < -0.39 is 0 Å². The lowest BCUT2D eigenvalue weighted by molar-refractivity contribution is 0.488. The van der Waals surface area contributed by atoms with Crippen LogP contribution in [-0.4, -0.2) is 6.71 Å². The molecule has 0 spiro atoms. The molecule has 81 heavy (non-hydrogen) atoms. The second kappa shape index (κ2) is 20.3. The number of nitrogens with zero attached hydrogens (tertiary/aromatic N) is 4. The first-order valence-electron chi connectivity index (χ1n) is 28.7. The minimum Gasteiger partial charge on any atom is -0.458 e. The Labute approximate surface area is 477 Å². The highest BCUT2D eigenvalue weighted by molar-refractivity contribution is 6.97. The summed E-state index contributed by atoms with van der Waals surface area (Å²) in [5.41, 5.74) is 26.0. The predicted molar refractivity (Wildman–Crippen MR) is 343 cm³/mol. The average molecular weight is 1050 g/mol. The normalized spacial score (nSPS) is 13.1. The Hall–Kier alpha value is -9.52. The predicted octanol–water partition coefficient (Wildman–Crippen LogP) is 19.5. The van der Waals surface area contributed by atoms with Gasteiger partial charge in [-0.2, -0.15) is 0 Å². The molecular weight excluding hydrogens is 984 g/mol. The van der Waals surface area contributed by atoms with Gasteiger partial charge in [0.05, 0.1) is 45.5 Å². The van der Waals surface area contributed by atoms with Crippen LogP contribution in [0.2, 0.25) is 0 Å². The largest absolute Gasteiger partial charge is 0.458 e. The van der Waals surface area contributed by atoms with Crippen LogP contribution in [0.1, 0.15) is 76.0 Å². The minimum atomic E-state index is -0.0306. The van der Waals surface area contributed by atoms with E-state index in [0.29, 0.717) is 17.8 Å². The van der Waals surface area contributed by atoms with Gasteiger partial charge in [0.1, 0.15) is 11.5 Å². The number of anilines is 12. The van der Waals surface area contributed by atoms with Gasteiger partial charge in [-0.05, 0) is 177 Å². The van der Waals surface area contributed by atoms with E-state index in [1.54, 1.807) is 0 Å². The van der Waals surface area contributed by atoms with Crippen LogP contribution in [0.25, 0.3) is 22.3 Å². The van der Waals surface area contributed by atoms with Crippen LogP contribution in [0, 0.1) is 0 Å². The van der Waals surface area contributed by atoms with Gasteiger partial charge in [0, 0.05) is 22.7 Å². The quantitative estimate of drug-likeness (QED) is 0.127. The number of para-hydroxylation sites is 10. The molecule has 392 valence electrons. The van der Waals surface area contributed by atoms with Gasteiger partial charge in [-0.15, -0.1) is 0 Å². The SMILES string of the molecule is CC(C)c1cc(C(C)C)c(B2c3ccc(-c4ccc(N5c6ccccc6N(c6ccccc6)c6ccccc65)cc4)cc3Oc3cc(-c4ccc(N5c6ccccc6N(c6ccccc6)c6ccccc65)cc4)ccc32)c(C(C)C)c1. The molecule has 0 bridgehead atoms. The summed E-state index contributed by atoms with van der Waals surface area (Å²) in [5.74, 6) is 2.85. The van der Waals surface area contributed by atoms with Crippen molar-refractivity contribution in [1.82, 2.24) is 0 Å². The van der Waals surface area contributed by atoms with Crippen molar-refractivity contribution in [2.75, 3.05) is 19.6 Å². The van der Waals surface area contributed by atoms with Gasteiger partial charge in [0.2, 0.25) is 0 Å². The van der Waals surface area contributed by atoms with E-state index in [0.717, 1.165) is 102 Å². The van der Waals surface area contributed by atoms with Gasteiger partial charge in [-0.3, -0.25) is 0 Å². The first-order chi connectivity index (χ1) is 39.7. The van der Waals surface area contributed by atoms with E-state index in [9.17, 15) is 0 Å². The van der Waals surface area contributed by atoms with Gasteiger partial charge >= 0.3 is 0 Å². The molecule has 14 rings (SSSR count). The Morgan fingerprint density at radius 2 is 0.568 bits per heavy atom. The van der Waals surface area contributed by atoms with Crippen LogP contribution in [0.3, 0.4) is 0 Å². The van der Waals surface area contributed by atoms with Crippen LogP contribution in [0.4, 0.5) is 68.2 Å². The first kappa shape index (κ1) is 49.8. The number of hydrogen-bond donors (Lipinski definition) is 0. The molecule has 3 aliphatic heterocycles. The molecule has 5 nitrogen and oxygen atoms in total. The molecule has 0 N–H and O–H groups in total. The van der Waals surface area contributed by atoms with Crippen LogP contribution >= 0.6 is 0 Å². The molecule has 0 unspecified atom stereocenters. The highest BCUT2D eigenvalue weighted by Crippen LogP contribution is 2.56. The summed E-state index contributed by atoms with van der Waals surface area (Å²) in [6.45, 7) is 14.0. The Morgan fingerprint density at radius 3 is 0.864 bits per heavy atom. The highest BCUT2D eigenvalue weighted by Gasteiger charge is 2.38. The fourth-order valence-electron chi connectivity index (χ4n) is 12.8. The second-order valence-electron chi connectivity index (χ2n) is 22.7. The number of ether oxygens (including phenoxy) is 1. The van der Waals surface area contributed by atoms with Crippen LogP contribution < -0.4 is 40.7 Å². The topological polar surface area (TPSA) is 22.2 Å². The summed E-state index contributed by atoms with van der Waals surface area (Å²) in [7, 11) is 0. The standard InChI is InChI=1S/C75H63BN4O/c1-49(2)56-45-61(50(3)4)75(62(46-56)51(5)6)76-63-43-37-54(52-33-39-59(40-34-52)79-69-29-17-13-25-65(69)77(57-21-9-7-10-22-57)66-26-14-18-30-70(66)79)47-73(63)81-74-48-55(38-44-64(74)76)53-35-41-60(42-36-53)80-71-31-19-15-27-67(71)78(58-23-11-8-12-24-58)68-28-16-20-32-72(68)80/h7-51H,1-6H3. The maximum Gasteiger partial charge on any atom is 0.251 e. The van der Waals surface area contributed by atoms with Crippen molar-refractivity contribution in [2.24, 2.45) is 0 Å². The molecule has 3 heterocycles. The zero-order valence-corrected chi connectivity index (χ0v) is 46.8. The zero-order chi connectivity index (χ0) is 54.9. The van der Waals surface area contributed by atoms with Crippen molar-refractivity contribution in [3.05, 3.63) is 271 Å². The Bertz CT molecular complexity index is 3800. The Balaban J connectivity index is 0.846. The third kappa shape index (κ3) is 8.56. The van der Waals surface area contributed by atoms with Crippen molar-refractivity contribution in [3.63, 3.8) is 0 Å². The number of fused-ring (bicyclic) bond motifs is 6. The molecule has 0 aliphatic carbocycles. The maximum absolute atomic E-state index is 7.28. The van der Waals surface area contributed by atoms with Gasteiger partial charge in [0.15, 0.2) is 0 Å². The highest BCUT2D eigenvalue weighted by atomic mass is 16.5. The monoisotopic (exact) mass is 1050 g/mol. The molecule has 0 radical (unpaired) electrons. The lowest BCUT2D eigenvalue weighted by Crippen LogP contribution is -2.57. The molecule has 0 amide bonds. The maximum atomic E-state index is 7.28. The zero-order valence-electron chi connectivity index (χ0n) is 46.8. The summed E-state index contributed by atoms with van der Waals surface area (Å²) in [5, 5.41) is 0. The van der Waals surface area contributed by atoms with Crippen molar-refractivity contribution in [1.29, 1.82) is 0 Å². The summed E-state index contributed by atoms with van der Waals surface area (Å²) in [4.78, 5) is 9.53. The summed E-state index contributed by atoms with van der Waals surface area (Å²) in [6, 6.07) is 93.1. The first-order valence-corrected chi connectivity index (χ1v) is 28.7. The Kier molecular flexibility index (Phi) is 12.5. The molecule has 0 aromatic heterocycles. The van der Waals surface area contributed by atoms with E-state index in [1.807, 2.05) is 0 Å². The molecule has 0 saturated carbocycles. The molecule has 6 heteroatoms. The number of benzene rings is 11. The van der Waals surface area contributed by atoms with E-state index in [2.05, 4.69) is 316 Å². The molecule has 11 aromatic rings. The fourth-order valence-corrected chi connectivity index (χ4v) is 12.8. The summed E-state index contributed by atoms with van der Waals surface area (Å²) >= 11 is 0. The Morgan fingerprint density at radius 1 is 0.284 bits per heavy atom. The number of rotatable bonds is 10. The van der Waals surface area contributed by atoms with E-state index >= 15 is 0 Å². The van der Waals surface area contributed by atoms with E-state index in [4.69, 9.17) is 4.74 Å². The van der Waals surface area contributed by atoms with E-state index in [1.165, 1.54) is 33.1 Å². The molecule has 0 saturated heterocycles. The van der Waals surface area contributed by atoms with Gasteiger partial charge in [-0.1, -0.05) is 193 Å². The van der Waals surface area contributed by atoms with Gasteiger partial charge in [-0.25, -0.2) is 0 Å². The van der Waals surface area contributed by atoms with Gasteiger partial charge in [0.25, 0.3) is 6.71 Å². The smallest absolute Gasteiger partial charge is 0.251 e. The molecule has 3 aliphatic rings. The van der Waals surface area contributed by atoms with Crippen molar-refractivity contribution < 1.29 is 4.74 Å². The summed E-state index contributed by atoms with van der Waals surface area (Å²) in [6.07, 6.45) is 0. The van der Waals surface area contributed by atoms with Gasteiger partial charge < -0.3 is 24.3 Å². The van der Waals surface area contributed by atoms with Crippen LogP contribution in [-0.2, 0) is 0 Å².